The zero-order valence-corrected chi connectivity index (χ0v) is 10.8. The first kappa shape index (κ1) is 13.4. The summed E-state index contributed by atoms with van der Waals surface area (Å²) in [5, 5.41) is 2.98. The van der Waals surface area contributed by atoms with E-state index in [9.17, 15) is 4.79 Å². The number of hydrogen-bond donors (Lipinski definition) is 2. The molecule has 0 saturated heterocycles. The first-order valence-electron chi connectivity index (χ1n) is 5.34. The minimum absolute atomic E-state index is 0.104. The first-order chi connectivity index (χ1) is 8.04. The maximum absolute atomic E-state index is 11.2. The highest BCUT2D eigenvalue weighted by atomic mass is 32.1. The Morgan fingerprint density at radius 1 is 1.53 bits per heavy atom. The summed E-state index contributed by atoms with van der Waals surface area (Å²) >= 11 is 4.95. The number of carbonyl (C=O) groups excluding carboxylic acids is 1. The van der Waals surface area contributed by atoms with Crippen molar-refractivity contribution >= 4 is 28.9 Å². The molecule has 1 aromatic carbocycles. The molecule has 5 heteroatoms. The normalized spacial score (nSPS) is 9.76. The monoisotopic (exact) mass is 252 g/mol. The van der Waals surface area contributed by atoms with Gasteiger partial charge in [-0.3, -0.25) is 4.79 Å². The average molecular weight is 252 g/mol. The van der Waals surface area contributed by atoms with Gasteiger partial charge in [-0.05, 0) is 31.5 Å². The molecule has 0 fully saturated rings. The molecule has 92 valence electrons. The van der Waals surface area contributed by atoms with Gasteiger partial charge < -0.3 is 15.8 Å². The molecule has 17 heavy (non-hydrogen) atoms. The predicted molar refractivity (Wildman–Crippen MR) is 72.2 cm³/mol. The van der Waals surface area contributed by atoms with Gasteiger partial charge in [-0.1, -0.05) is 18.3 Å². The number of thiocarbonyl (C=S) groups is 1. The molecule has 3 N–H and O–H groups in total. The highest BCUT2D eigenvalue weighted by molar-refractivity contribution is 7.80. The summed E-state index contributed by atoms with van der Waals surface area (Å²) in [6, 6.07) is 5.66. The first-order valence-corrected chi connectivity index (χ1v) is 5.75. The maximum atomic E-state index is 11.2. The third-order valence-corrected chi connectivity index (χ3v) is 2.39. The Morgan fingerprint density at radius 3 is 2.82 bits per heavy atom. The fourth-order valence-electron chi connectivity index (χ4n) is 1.40. The van der Waals surface area contributed by atoms with Gasteiger partial charge in [0.25, 0.3) is 0 Å². The van der Waals surface area contributed by atoms with E-state index in [0.717, 1.165) is 16.8 Å². The second kappa shape index (κ2) is 6.20. The van der Waals surface area contributed by atoms with Crippen LogP contribution in [0.3, 0.4) is 0 Å². The third-order valence-electron chi connectivity index (χ3n) is 2.17. The SMILES string of the molecule is CCOC(=O)CNc1cc(C)ccc1C(N)=S. The van der Waals surface area contributed by atoms with Crippen LogP contribution in [0.15, 0.2) is 18.2 Å². The van der Waals surface area contributed by atoms with E-state index in [0.29, 0.717) is 11.6 Å². The number of nitrogens with two attached hydrogens (primary N) is 1. The molecule has 0 atom stereocenters. The molecule has 0 saturated carbocycles. The molecule has 4 nitrogen and oxygen atoms in total. The Morgan fingerprint density at radius 2 is 2.24 bits per heavy atom. The van der Waals surface area contributed by atoms with Gasteiger partial charge in [0.15, 0.2) is 0 Å². The second-order valence-electron chi connectivity index (χ2n) is 3.57. The van der Waals surface area contributed by atoms with Crippen LogP contribution in [-0.4, -0.2) is 24.1 Å². The number of rotatable bonds is 5. The summed E-state index contributed by atoms with van der Waals surface area (Å²) in [7, 11) is 0. The van der Waals surface area contributed by atoms with Crippen LogP contribution in [0.5, 0.6) is 0 Å². The number of carbonyl (C=O) groups is 1. The molecule has 1 aromatic rings. The fraction of sp³-hybridized carbons (Fsp3) is 0.333. The minimum Gasteiger partial charge on any atom is -0.465 e. The Hall–Kier alpha value is -1.62. The summed E-state index contributed by atoms with van der Waals surface area (Å²) in [5.41, 5.74) is 8.16. The van der Waals surface area contributed by atoms with Gasteiger partial charge >= 0.3 is 5.97 Å². The summed E-state index contributed by atoms with van der Waals surface area (Å²) < 4.78 is 4.83. The smallest absolute Gasteiger partial charge is 0.325 e. The zero-order valence-electron chi connectivity index (χ0n) is 9.95. The Bertz CT molecular complexity index is 433. The number of anilines is 1. The molecule has 0 aromatic heterocycles. The molecule has 0 unspecified atom stereocenters. The van der Waals surface area contributed by atoms with Crippen molar-refractivity contribution in [1.29, 1.82) is 0 Å². The van der Waals surface area contributed by atoms with Crippen LogP contribution in [-0.2, 0) is 9.53 Å². The number of benzene rings is 1. The van der Waals surface area contributed by atoms with Crippen LogP contribution < -0.4 is 11.1 Å². The van der Waals surface area contributed by atoms with Crippen molar-refractivity contribution in [1.82, 2.24) is 0 Å². The molecule has 0 aliphatic heterocycles. The lowest BCUT2D eigenvalue weighted by Gasteiger charge is -2.11. The maximum Gasteiger partial charge on any atom is 0.325 e. The second-order valence-corrected chi connectivity index (χ2v) is 4.01. The molecule has 0 heterocycles. The van der Waals surface area contributed by atoms with Crippen molar-refractivity contribution in [2.45, 2.75) is 13.8 Å². The van der Waals surface area contributed by atoms with E-state index in [1.54, 1.807) is 6.92 Å². The standard InChI is InChI=1S/C12H16N2O2S/c1-3-16-11(15)7-14-10-6-8(2)4-5-9(10)12(13)17/h4-6,14H,3,7H2,1-2H3,(H2,13,17). The van der Waals surface area contributed by atoms with Crippen LogP contribution in [0.1, 0.15) is 18.1 Å². The van der Waals surface area contributed by atoms with E-state index in [-0.39, 0.29) is 12.5 Å². The summed E-state index contributed by atoms with van der Waals surface area (Å²) in [6.07, 6.45) is 0. The Kier molecular flexibility index (Phi) is 4.90. The van der Waals surface area contributed by atoms with Crippen molar-refractivity contribution in [3.63, 3.8) is 0 Å². The van der Waals surface area contributed by atoms with E-state index in [2.05, 4.69) is 5.32 Å². The molecule has 1 rings (SSSR count). The van der Waals surface area contributed by atoms with Gasteiger partial charge in [0.1, 0.15) is 11.5 Å². The van der Waals surface area contributed by atoms with Gasteiger partial charge in [0, 0.05) is 11.3 Å². The number of aryl methyl sites for hydroxylation is 1. The summed E-state index contributed by atoms with van der Waals surface area (Å²) in [5.74, 6) is -0.303. The van der Waals surface area contributed by atoms with Crippen molar-refractivity contribution in [2.24, 2.45) is 5.73 Å². The highest BCUT2D eigenvalue weighted by Gasteiger charge is 2.07. The Balaban J connectivity index is 2.78. The van der Waals surface area contributed by atoms with Crippen molar-refractivity contribution < 1.29 is 9.53 Å². The topological polar surface area (TPSA) is 64.3 Å². The number of hydrogen-bond acceptors (Lipinski definition) is 4. The molecule has 0 aliphatic carbocycles. The third kappa shape index (κ3) is 4.03. The number of nitrogens with one attached hydrogen (secondary N) is 1. The minimum atomic E-state index is -0.303. The predicted octanol–water partition coefficient (Wildman–Crippen LogP) is 1.60. The van der Waals surface area contributed by atoms with E-state index < -0.39 is 0 Å². The summed E-state index contributed by atoms with van der Waals surface area (Å²) in [6.45, 7) is 4.20. The molecule has 0 bridgehead atoms. The molecular weight excluding hydrogens is 236 g/mol. The van der Waals surface area contributed by atoms with Crippen molar-refractivity contribution in [3.05, 3.63) is 29.3 Å². The fourth-order valence-corrected chi connectivity index (χ4v) is 1.58. The molecule has 0 spiro atoms. The van der Waals surface area contributed by atoms with Gasteiger partial charge in [-0.25, -0.2) is 0 Å². The van der Waals surface area contributed by atoms with Gasteiger partial charge in [0.2, 0.25) is 0 Å². The van der Waals surface area contributed by atoms with E-state index in [1.807, 2.05) is 25.1 Å². The molecule has 0 amide bonds. The van der Waals surface area contributed by atoms with E-state index >= 15 is 0 Å². The largest absolute Gasteiger partial charge is 0.465 e. The van der Waals surface area contributed by atoms with Gasteiger partial charge in [-0.2, -0.15) is 0 Å². The van der Waals surface area contributed by atoms with Crippen LogP contribution in [0, 0.1) is 6.92 Å². The zero-order chi connectivity index (χ0) is 12.8. The highest BCUT2D eigenvalue weighted by Crippen LogP contribution is 2.17. The quantitative estimate of drug-likeness (QED) is 0.615. The lowest BCUT2D eigenvalue weighted by Crippen LogP contribution is -2.19. The molecule has 0 aliphatic rings. The van der Waals surface area contributed by atoms with Gasteiger partial charge in [-0.15, -0.1) is 0 Å². The van der Waals surface area contributed by atoms with Crippen LogP contribution in [0.4, 0.5) is 5.69 Å². The molecular formula is C12H16N2O2S. The van der Waals surface area contributed by atoms with E-state index in [4.69, 9.17) is 22.7 Å². The molecule has 0 radical (unpaired) electrons. The summed E-state index contributed by atoms with van der Waals surface area (Å²) in [4.78, 5) is 11.5. The lowest BCUT2D eigenvalue weighted by molar-refractivity contribution is -0.140. The van der Waals surface area contributed by atoms with Crippen LogP contribution >= 0.6 is 12.2 Å². The van der Waals surface area contributed by atoms with E-state index in [1.165, 1.54) is 0 Å². The number of ether oxygens (including phenoxy) is 1. The van der Waals surface area contributed by atoms with Crippen LogP contribution in [0.25, 0.3) is 0 Å². The lowest BCUT2D eigenvalue weighted by atomic mass is 10.1. The number of esters is 1. The van der Waals surface area contributed by atoms with Gasteiger partial charge in [0.05, 0.1) is 6.61 Å². The Labute approximate surface area is 106 Å². The van der Waals surface area contributed by atoms with Crippen LogP contribution in [0.2, 0.25) is 0 Å². The average Bonchev–Trinajstić information content (AvgIpc) is 2.26. The van der Waals surface area contributed by atoms with Crippen molar-refractivity contribution in [2.75, 3.05) is 18.5 Å². The van der Waals surface area contributed by atoms with Crippen molar-refractivity contribution in [3.8, 4) is 0 Å².